The van der Waals surface area contributed by atoms with Gasteiger partial charge in [0.25, 0.3) is 5.56 Å². The largest absolute Gasteiger partial charge is 0.493 e. The van der Waals surface area contributed by atoms with Crippen LogP contribution in [0.5, 0.6) is 17.2 Å². The Labute approximate surface area is 124 Å². The number of thioether (sulfide) groups is 1. The monoisotopic (exact) mass is 304 g/mol. The summed E-state index contributed by atoms with van der Waals surface area (Å²) in [5.74, 6) is 3.77. The number of ether oxygens (including phenoxy) is 3. The van der Waals surface area contributed by atoms with Crippen molar-refractivity contribution in [2.24, 2.45) is 0 Å². The van der Waals surface area contributed by atoms with E-state index in [2.05, 4.69) is 9.97 Å². The minimum atomic E-state index is -0.0726. The molecule has 0 bridgehead atoms. The second kappa shape index (κ2) is 4.70. The van der Waals surface area contributed by atoms with E-state index in [0.29, 0.717) is 23.1 Å². The zero-order chi connectivity index (χ0) is 14.4. The Morgan fingerprint density at radius 3 is 3.10 bits per heavy atom. The molecule has 1 N–H and O–H groups in total. The maximum absolute atomic E-state index is 12.1. The summed E-state index contributed by atoms with van der Waals surface area (Å²) in [4.78, 5) is 19.5. The van der Waals surface area contributed by atoms with Crippen molar-refractivity contribution < 1.29 is 14.2 Å². The SMILES string of the molecule is COc1cc(-c2nc3c(c(=O)[nH]2)CSC3)cc2c1OCO2. The number of H-pyrrole nitrogens is 1. The molecule has 3 heterocycles. The molecule has 0 saturated carbocycles. The summed E-state index contributed by atoms with van der Waals surface area (Å²) in [6.45, 7) is 0.167. The van der Waals surface area contributed by atoms with E-state index < -0.39 is 0 Å². The molecular weight excluding hydrogens is 292 g/mol. The fourth-order valence-electron chi connectivity index (χ4n) is 2.47. The Kier molecular flexibility index (Phi) is 2.81. The first-order valence-corrected chi connectivity index (χ1v) is 7.59. The number of aromatic nitrogens is 2. The molecule has 0 fully saturated rings. The lowest BCUT2D eigenvalue weighted by Crippen LogP contribution is -2.15. The van der Waals surface area contributed by atoms with Gasteiger partial charge in [-0.2, -0.15) is 11.8 Å². The summed E-state index contributed by atoms with van der Waals surface area (Å²) in [7, 11) is 1.57. The van der Waals surface area contributed by atoms with E-state index in [-0.39, 0.29) is 12.4 Å². The number of nitrogens with one attached hydrogen (secondary N) is 1. The van der Waals surface area contributed by atoms with Crippen molar-refractivity contribution >= 4 is 11.8 Å². The van der Waals surface area contributed by atoms with Crippen LogP contribution in [0.3, 0.4) is 0 Å². The second-order valence-electron chi connectivity index (χ2n) is 4.74. The number of aromatic amines is 1. The third-order valence-corrected chi connectivity index (χ3v) is 4.49. The molecule has 4 rings (SSSR count). The predicted molar refractivity (Wildman–Crippen MR) is 78.0 cm³/mol. The van der Waals surface area contributed by atoms with Crippen LogP contribution in [0.15, 0.2) is 16.9 Å². The molecule has 0 saturated heterocycles. The third-order valence-electron chi connectivity index (χ3n) is 3.52. The molecule has 2 aliphatic rings. The van der Waals surface area contributed by atoms with E-state index >= 15 is 0 Å². The average Bonchev–Trinajstić information content (AvgIpc) is 3.14. The van der Waals surface area contributed by atoms with E-state index in [1.807, 2.05) is 0 Å². The smallest absolute Gasteiger partial charge is 0.255 e. The van der Waals surface area contributed by atoms with Crippen LogP contribution in [0.4, 0.5) is 0 Å². The van der Waals surface area contributed by atoms with Gasteiger partial charge < -0.3 is 19.2 Å². The Bertz CT molecular complexity index is 787. The van der Waals surface area contributed by atoms with Crippen LogP contribution >= 0.6 is 11.8 Å². The van der Waals surface area contributed by atoms with Crippen LogP contribution in [0.1, 0.15) is 11.3 Å². The second-order valence-corrected chi connectivity index (χ2v) is 5.73. The van der Waals surface area contributed by atoms with Crippen molar-refractivity contribution in [1.29, 1.82) is 0 Å². The fraction of sp³-hybridized carbons (Fsp3) is 0.286. The van der Waals surface area contributed by atoms with Crippen LogP contribution in [0, 0.1) is 0 Å². The van der Waals surface area contributed by atoms with Gasteiger partial charge in [0, 0.05) is 22.6 Å². The van der Waals surface area contributed by atoms with Crippen molar-refractivity contribution in [3.63, 3.8) is 0 Å². The number of hydrogen-bond donors (Lipinski definition) is 1. The first-order chi connectivity index (χ1) is 10.3. The normalized spacial score (nSPS) is 15.1. The Balaban J connectivity index is 1.88. The summed E-state index contributed by atoms with van der Waals surface area (Å²) < 4.78 is 16.1. The number of fused-ring (bicyclic) bond motifs is 2. The van der Waals surface area contributed by atoms with E-state index in [1.54, 1.807) is 31.0 Å². The van der Waals surface area contributed by atoms with E-state index in [0.717, 1.165) is 28.3 Å². The zero-order valence-electron chi connectivity index (χ0n) is 11.3. The molecule has 0 atom stereocenters. The maximum Gasteiger partial charge on any atom is 0.255 e. The van der Waals surface area contributed by atoms with Crippen LogP contribution < -0.4 is 19.8 Å². The van der Waals surface area contributed by atoms with Crippen molar-refractivity contribution in [3.05, 3.63) is 33.7 Å². The van der Waals surface area contributed by atoms with Gasteiger partial charge in [-0.05, 0) is 12.1 Å². The molecule has 2 aromatic rings. The molecule has 6 nitrogen and oxygen atoms in total. The molecule has 108 valence electrons. The Morgan fingerprint density at radius 1 is 1.33 bits per heavy atom. The van der Waals surface area contributed by atoms with Crippen molar-refractivity contribution in [3.8, 4) is 28.6 Å². The van der Waals surface area contributed by atoms with Gasteiger partial charge in [0.05, 0.1) is 12.8 Å². The van der Waals surface area contributed by atoms with Crippen molar-refractivity contribution in [1.82, 2.24) is 9.97 Å². The first kappa shape index (κ1) is 12.6. The van der Waals surface area contributed by atoms with Gasteiger partial charge >= 0.3 is 0 Å². The molecule has 2 aliphatic heterocycles. The number of methoxy groups -OCH3 is 1. The van der Waals surface area contributed by atoms with Gasteiger partial charge in [-0.15, -0.1) is 0 Å². The predicted octanol–water partition coefficient (Wildman–Crippen LogP) is 1.92. The summed E-state index contributed by atoms with van der Waals surface area (Å²) >= 11 is 1.70. The van der Waals surface area contributed by atoms with Crippen LogP contribution in [0.2, 0.25) is 0 Å². The Morgan fingerprint density at radius 2 is 2.24 bits per heavy atom. The number of hydrogen-bond acceptors (Lipinski definition) is 6. The molecule has 0 aliphatic carbocycles. The number of rotatable bonds is 2. The van der Waals surface area contributed by atoms with Gasteiger partial charge in [-0.25, -0.2) is 4.98 Å². The molecule has 7 heteroatoms. The summed E-state index contributed by atoms with van der Waals surface area (Å²) in [5.41, 5.74) is 2.30. The first-order valence-electron chi connectivity index (χ1n) is 6.44. The van der Waals surface area contributed by atoms with Gasteiger partial charge in [0.1, 0.15) is 5.82 Å². The highest BCUT2D eigenvalue weighted by Gasteiger charge is 2.23. The minimum absolute atomic E-state index is 0.0726. The van der Waals surface area contributed by atoms with Crippen LogP contribution in [0.25, 0.3) is 11.4 Å². The van der Waals surface area contributed by atoms with Crippen molar-refractivity contribution in [2.75, 3.05) is 13.9 Å². The maximum atomic E-state index is 12.1. The number of nitrogens with zero attached hydrogens (tertiary/aromatic N) is 1. The molecule has 1 aromatic carbocycles. The average molecular weight is 304 g/mol. The molecule has 0 radical (unpaired) electrons. The van der Waals surface area contributed by atoms with Gasteiger partial charge in [-0.3, -0.25) is 4.79 Å². The van der Waals surface area contributed by atoms with Gasteiger partial charge in [0.2, 0.25) is 12.5 Å². The standard InChI is InChI=1S/C14H12N2O4S/c1-18-10-2-7(3-11-12(10)20-6-19-11)13-15-9-5-21-4-8(9)14(17)16-13/h2-3H,4-6H2,1H3,(H,15,16,17). The van der Waals surface area contributed by atoms with Crippen LogP contribution in [-0.2, 0) is 11.5 Å². The molecule has 0 spiro atoms. The fourth-order valence-corrected chi connectivity index (χ4v) is 3.50. The molecular formula is C14H12N2O4S. The molecule has 0 unspecified atom stereocenters. The van der Waals surface area contributed by atoms with Crippen molar-refractivity contribution in [2.45, 2.75) is 11.5 Å². The topological polar surface area (TPSA) is 73.4 Å². The lowest BCUT2D eigenvalue weighted by atomic mass is 10.1. The molecule has 0 amide bonds. The van der Waals surface area contributed by atoms with Crippen LogP contribution in [-0.4, -0.2) is 23.9 Å². The lowest BCUT2D eigenvalue weighted by molar-refractivity contribution is 0.171. The third kappa shape index (κ3) is 1.96. The van der Waals surface area contributed by atoms with E-state index in [1.165, 1.54) is 0 Å². The van der Waals surface area contributed by atoms with E-state index in [4.69, 9.17) is 14.2 Å². The highest BCUT2D eigenvalue weighted by Crippen LogP contribution is 2.43. The molecule has 1 aromatic heterocycles. The van der Waals surface area contributed by atoms with Gasteiger partial charge in [0.15, 0.2) is 11.5 Å². The number of benzene rings is 1. The zero-order valence-corrected chi connectivity index (χ0v) is 12.1. The summed E-state index contributed by atoms with van der Waals surface area (Å²) in [6, 6.07) is 3.60. The molecule has 21 heavy (non-hydrogen) atoms. The summed E-state index contributed by atoms with van der Waals surface area (Å²) in [6.07, 6.45) is 0. The highest BCUT2D eigenvalue weighted by molar-refractivity contribution is 7.98. The quantitative estimate of drug-likeness (QED) is 0.914. The Hall–Kier alpha value is -2.15. The lowest BCUT2D eigenvalue weighted by Gasteiger charge is -2.08. The van der Waals surface area contributed by atoms with Gasteiger partial charge in [-0.1, -0.05) is 0 Å². The van der Waals surface area contributed by atoms with E-state index in [9.17, 15) is 4.79 Å². The minimum Gasteiger partial charge on any atom is -0.493 e. The summed E-state index contributed by atoms with van der Waals surface area (Å²) in [5, 5.41) is 0. The highest BCUT2D eigenvalue weighted by atomic mass is 32.2.